The monoisotopic (exact) mass is 358 g/mol. The average Bonchev–Trinajstić information content (AvgIpc) is 3.20. The van der Waals surface area contributed by atoms with Crippen LogP contribution in [-0.4, -0.2) is 24.8 Å². The SMILES string of the molecule is O=C(COc1ccc(C(=O)c2ccccc2)cc1)c1ccc2c(c1)CCO2. The summed E-state index contributed by atoms with van der Waals surface area (Å²) in [5, 5.41) is 0. The van der Waals surface area contributed by atoms with Gasteiger partial charge in [-0.05, 0) is 48.0 Å². The van der Waals surface area contributed by atoms with Gasteiger partial charge in [-0.3, -0.25) is 9.59 Å². The molecule has 0 aliphatic carbocycles. The van der Waals surface area contributed by atoms with Gasteiger partial charge in [-0.25, -0.2) is 0 Å². The van der Waals surface area contributed by atoms with Gasteiger partial charge in [-0.1, -0.05) is 30.3 Å². The van der Waals surface area contributed by atoms with Crippen molar-refractivity contribution in [2.75, 3.05) is 13.2 Å². The lowest BCUT2D eigenvalue weighted by Crippen LogP contribution is -2.12. The first-order chi connectivity index (χ1) is 13.2. The molecule has 1 aliphatic rings. The summed E-state index contributed by atoms with van der Waals surface area (Å²) < 4.78 is 11.0. The van der Waals surface area contributed by atoms with Crippen LogP contribution in [0.15, 0.2) is 72.8 Å². The number of hydrogen-bond acceptors (Lipinski definition) is 4. The molecule has 3 aromatic carbocycles. The Labute approximate surface area is 157 Å². The maximum atomic E-state index is 12.4. The van der Waals surface area contributed by atoms with Crippen LogP contribution in [0, 0.1) is 0 Å². The van der Waals surface area contributed by atoms with E-state index >= 15 is 0 Å². The molecule has 0 saturated carbocycles. The van der Waals surface area contributed by atoms with E-state index in [1.807, 2.05) is 30.3 Å². The second-order valence-electron chi connectivity index (χ2n) is 6.35. The Kier molecular flexibility index (Phi) is 4.71. The van der Waals surface area contributed by atoms with Crippen LogP contribution in [-0.2, 0) is 6.42 Å². The predicted octanol–water partition coefficient (Wildman–Crippen LogP) is 4.11. The number of hydrogen-bond donors (Lipinski definition) is 0. The van der Waals surface area contributed by atoms with Crippen LogP contribution in [0.3, 0.4) is 0 Å². The Morgan fingerprint density at radius 3 is 2.33 bits per heavy atom. The Morgan fingerprint density at radius 1 is 0.852 bits per heavy atom. The fourth-order valence-corrected chi connectivity index (χ4v) is 3.05. The number of Topliss-reactive ketones (excluding diaryl/α,β-unsaturated/α-hetero) is 1. The lowest BCUT2D eigenvalue weighted by Gasteiger charge is -2.08. The molecule has 134 valence electrons. The van der Waals surface area contributed by atoms with Crippen LogP contribution in [0.4, 0.5) is 0 Å². The summed E-state index contributed by atoms with van der Waals surface area (Å²) in [5.74, 6) is 1.27. The topological polar surface area (TPSA) is 52.6 Å². The Balaban J connectivity index is 1.39. The van der Waals surface area contributed by atoms with Crippen LogP contribution in [0.1, 0.15) is 31.8 Å². The number of carbonyl (C=O) groups is 2. The predicted molar refractivity (Wildman–Crippen MR) is 102 cm³/mol. The molecule has 4 nitrogen and oxygen atoms in total. The van der Waals surface area contributed by atoms with E-state index in [0.29, 0.717) is 29.0 Å². The molecule has 0 N–H and O–H groups in total. The summed E-state index contributed by atoms with van der Waals surface area (Å²) in [6.45, 7) is 0.614. The quantitative estimate of drug-likeness (QED) is 0.622. The van der Waals surface area contributed by atoms with Crippen molar-refractivity contribution in [1.82, 2.24) is 0 Å². The van der Waals surface area contributed by atoms with Gasteiger partial charge in [-0.2, -0.15) is 0 Å². The van der Waals surface area contributed by atoms with E-state index in [-0.39, 0.29) is 18.2 Å². The van der Waals surface area contributed by atoms with Gasteiger partial charge in [-0.15, -0.1) is 0 Å². The average molecular weight is 358 g/mol. The molecule has 0 spiro atoms. The lowest BCUT2D eigenvalue weighted by molar-refractivity contribution is 0.0920. The molecule has 27 heavy (non-hydrogen) atoms. The third-order valence-electron chi connectivity index (χ3n) is 4.53. The van der Waals surface area contributed by atoms with Crippen molar-refractivity contribution >= 4 is 11.6 Å². The molecule has 0 atom stereocenters. The summed E-state index contributed by atoms with van der Waals surface area (Å²) in [6, 6.07) is 21.4. The van der Waals surface area contributed by atoms with Gasteiger partial charge in [0.05, 0.1) is 6.61 Å². The van der Waals surface area contributed by atoms with E-state index in [1.165, 1.54) is 0 Å². The Hall–Kier alpha value is -3.40. The van der Waals surface area contributed by atoms with E-state index in [0.717, 1.165) is 17.7 Å². The molecule has 4 rings (SSSR count). The fraction of sp³-hybridized carbons (Fsp3) is 0.130. The standard InChI is InChI=1S/C23H18O4/c24-21(18-8-11-22-19(14-18)12-13-26-22)15-27-20-9-6-17(7-10-20)23(25)16-4-2-1-3-5-16/h1-11,14H,12-13,15H2. The zero-order valence-corrected chi connectivity index (χ0v) is 14.7. The molecule has 0 fully saturated rings. The zero-order valence-electron chi connectivity index (χ0n) is 14.7. The highest BCUT2D eigenvalue weighted by molar-refractivity contribution is 6.09. The summed E-state index contributed by atoms with van der Waals surface area (Å²) >= 11 is 0. The molecule has 4 heteroatoms. The van der Waals surface area contributed by atoms with Gasteiger partial charge in [0.1, 0.15) is 11.5 Å². The Morgan fingerprint density at radius 2 is 1.56 bits per heavy atom. The van der Waals surface area contributed by atoms with Crippen molar-refractivity contribution in [3.8, 4) is 11.5 Å². The highest BCUT2D eigenvalue weighted by Gasteiger charge is 2.15. The van der Waals surface area contributed by atoms with Gasteiger partial charge >= 0.3 is 0 Å². The van der Waals surface area contributed by atoms with Crippen molar-refractivity contribution in [1.29, 1.82) is 0 Å². The minimum absolute atomic E-state index is 0.0430. The second-order valence-corrected chi connectivity index (χ2v) is 6.35. The molecular weight excluding hydrogens is 340 g/mol. The smallest absolute Gasteiger partial charge is 0.200 e. The van der Waals surface area contributed by atoms with E-state index in [1.54, 1.807) is 42.5 Å². The fourth-order valence-electron chi connectivity index (χ4n) is 3.05. The number of ketones is 2. The normalized spacial score (nSPS) is 12.1. The lowest BCUT2D eigenvalue weighted by atomic mass is 10.0. The van der Waals surface area contributed by atoms with E-state index in [2.05, 4.69) is 0 Å². The zero-order chi connectivity index (χ0) is 18.6. The van der Waals surface area contributed by atoms with Crippen molar-refractivity contribution in [3.63, 3.8) is 0 Å². The highest BCUT2D eigenvalue weighted by Crippen LogP contribution is 2.26. The van der Waals surface area contributed by atoms with Gasteiger partial charge in [0.15, 0.2) is 18.2 Å². The van der Waals surface area contributed by atoms with Crippen molar-refractivity contribution in [2.45, 2.75) is 6.42 Å². The summed E-state index contributed by atoms with van der Waals surface area (Å²) in [7, 11) is 0. The molecule has 0 aromatic heterocycles. The van der Waals surface area contributed by atoms with Gasteiger partial charge in [0, 0.05) is 23.1 Å². The number of carbonyl (C=O) groups excluding carboxylic acids is 2. The molecular formula is C23H18O4. The maximum Gasteiger partial charge on any atom is 0.200 e. The number of ether oxygens (including phenoxy) is 2. The van der Waals surface area contributed by atoms with E-state index < -0.39 is 0 Å². The molecule has 1 heterocycles. The van der Waals surface area contributed by atoms with Crippen molar-refractivity contribution in [2.24, 2.45) is 0 Å². The van der Waals surface area contributed by atoms with Gasteiger partial charge in [0.25, 0.3) is 0 Å². The number of benzene rings is 3. The molecule has 0 radical (unpaired) electrons. The molecule has 0 saturated heterocycles. The largest absolute Gasteiger partial charge is 0.493 e. The molecule has 1 aliphatic heterocycles. The first-order valence-corrected chi connectivity index (χ1v) is 8.82. The Bertz CT molecular complexity index is 975. The minimum Gasteiger partial charge on any atom is -0.493 e. The highest BCUT2D eigenvalue weighted by atomic mass is 16.5. The molecule has 3 aromatic rings. The van der Waals surface area contributed by atoms with E-state index in [9.17, 15) is 9.59 Å². The summed E-state index contributed by atoms with van der Waals surface area (Å²) in [4.78, 5) is 24.8. The second kappa shape index (κ2) is 7.46. The van der Waals surface area contributed by atoms with Crippen LogP contribution in [0.2, 0.25) is 0 Å². The van der Waals surface area contributed by atoms with Crippen LogP contribution >= 0.6 is 0 Å². The minimum atomic E-state index is -0.0888. The third kappa shape index (κ3) is 3.75. The van der Waals surface area contributed by atoms with Crippen LogP contribution in [0.5, 0.6) is 11.5 Å². The van der Waals surface area contributed by atoms with Gasteiger partial charge < -0.3 is 9.47 Å². The van der Waals surface area contributed by atoms with Crippen LogP contribution < -0.4 is 9.47 Å². The molecule has 0 bridgehead atoms. The van der Waals surface area contributed by atoms with Gasteiger partial charge in [0.2, 0.25) is 0 Å². The molecule has 0 amide bonds. The summed E-state index contributed by atoms with van der Waals surface area (Å²) in [6.07, 6.45) is 0.828. The van der Waals surface area contributed by atoms with Crippen molar-refractivity contribution < 1.29 is 19.1 Å². The summed E-state index contributed by atoms with van der Waals surface area (Å²) in [5.41, 5.74) is 2.90. The first-order valence-electron chi connectivity index (χ1n) is 8.82. The van der Waals surface area contributed by atoms with E-state index in [4.69, 9.17) is 9.47 Å². The first kappa shape index (κ1) is 17.0. The third-order valence-corrected chi connectivity index (χ3v) is 4.53. The number of rotatable bonds is 6. The van der Waals surface area contributed by atoms with Crippen molar-refractivity contribution in [3.05, 3.63) is 95.1 Å². The molecule has 0 unspecified atom stereocenters. The number of fused-ring (bicyclic) bond motifs is 1. The van der Waals surface area contributed by atoms with Crippen LogP contribution in [0.25, 0.3) is 0 Å². The maximum absolute atomic E-state index is 12.4.